The third-order valence-electron chi connectivity index (χ3n) is 6.58. The number of methoxy groups -OCH3 is 1. The molecule has 0 amide bonds. The fraction of sp³-hybridized carbons (Fsp3) is 0.609. The lowest BCUT2D eigenvalue weighted by Crippen LogP contribution is -2.40. The summed E-state index contributed by atoms with van der Waals surface area (Å²) in [7, 11) is 1.74. The first-order valence-corrected chi connectivity index (χ1v) is 11.5. The maximum Gasteiger partial charge on any atom is 0.134 e. The van der Waals surface area contributed by atoms with E-state index in [1.54, 1.807) is 18.4 Å². The Hall–Kier alpha value is -1.14. The van der Waals surface area contributed by atoms with Gasteiger partial charge in [-0.1, -0.05) is 18.9 Å². The number of thiophene rings is 1. The van der Waals surface area contributed by atoms with Gasteiger partial charge in [0.1, 0.15) is 5.75 Å². The van der Waals surface area contributed by atoms with Gasteiger partial charge in [-0.05, 0) is 68.6 Å². The number of hydrogen-bond acceptors (Lipinski definition) is 5. The normalized spacial score (nSPS) is 23.5. The molecule has 2 fully saturated rings. The Morgan fingerprint density at radius 3 is 2.79 bits per heavy atom. The second-order valence-corrected chi connectivity index (χ2v) is 9.35. The van der Waals surface area contributed by atoms with Crippen LogP contribution in [0.3, 0.4) is 0 Å². The molecule has 4 nitrogen and oxygen atoms in total. The number of nitrogens with zero attached hydrogens (tertiary/aromatic N) is 1. The molecule has 1 spiro atoms. The minimum atomic E-state index is 0. The van der Waals surface area contributed by atoms with E-state index in [-0.39, 0.29) is 23.4 Å². The van der Waals surface area contributed by atoms with Gasteiger partial charge < -0.3 is 14.8 Å². The second-order valence-electron chi connectivity index (χ2n) is 8.35. The highest BCUT2D eigenvalue weighted by Crippen LogP contribution is 2.48. The minimum absolute atomic E-state index is 0. The summed E-state index contributed by atoms with van der Waals surface area (Å²) >= 11 is 1.75. The van der Waals surface area contributed by atoms with Gasteiger partial charge in [-0.25, -0.2) is 0 Å². The van der Waals surface area contributed by atoms with Gasteiger partial charge in [-0.3, -0.25) is 4.98 Å². The topological polar surface area (TPSA) is 43.4 Å². The molecular weight excluding hydrogens is 404 g/mol. The Morgan fingerprint density at radius 2 is 2.03 bits per heavy atom. The maximum absolute atomic E-state index is 6.46. The van der Waals surface area contributed by atoms with Gasteiger partial charge in [0.05, 0.1) is 17.6 Å². The number of halogens is 1. The van der Waals surface area contributed by atoms with Crippen LogP contribution in [0.25, 0.3) is 0 Å². The van der Waals surface area contributed by atoms with E-state index in [1.807, 2.05) is 18.3 Å². The third kappa shape index (κ3) is 5.13. The van der Waals surface area contributed by atoms with E-state index in [0.29, 0.717) is 0 Å². The molecule has 29 heavy (non-hydrogen) atoms. The molecule has 1 atom stereocenters. The van der Waals surface area contributed by atoms with Crippen LogP contribution in [0.5, 0.6) is 5.75 Å². The van der Waals surface area contributed by atoms with Crippen molar-refractivity contribution in [3.8, 4) is 5.75 Å². The Balaban J connectivity index is 0.00000240. The molecule has 1 aliphatic carbocycles. The minimum Gasteiger partial charge on any atom is -0.496 e. The summed E-state index contributed by atoms with van der Waals surface area (Å²) < 4.78 is 11.9. The van der Waals surface area contributed by atoms with Crippen molar-refractivity contribution in [1.29, 1.82) is 0 Å². The van der Waals surface area contributed by atoms with Crippen molar-refractivity contribution in [3.05, 3.63) is 46.4 Å². The van der Waals surface area contributed by atoms with Crippen molar-refractivity contribution in [1.82, 2.24) is 10.3 Å². The van der Waals surface area contributed by atoms with E-state index in [2.05, 4.69) is 22.8 Å². The molecular formula is C23H33ClN2O2S. The van der Waals surface area contributed by atoms with Crippen LogP contribution in [0.2, 0.25) is 0 Å². The molecule has 0 bridgehead atoms. The van der Waals surface area contributed by atoms with Crippen molar-refractivity contribution < 1.29 is 9.47 Å². The summed E-state index contributed by atoms with van der Waals surface area (Å²) in [5.41, 5.74) is 1.43. The van der Waals surface area contributed by atoms with Gasteiger partial charge in [0, 0.05) is 30.5 Å². The lowest BCUT2D eigenvalue weighted by Gasteiger charge is -2.39. The SMILES string of the molecule is COc1ccsc1CNCCC1(c2ccccn2)CCCOC2(CCCC2)C1.Cl. The molecule has 0 radical (unpaired) electrons. The van der Waals surface area contributed by atoms with Crippen LogP contribution < -0.4 is 10.1 Å². The van der Waals surface area contributed by atoms with Crippen LogP contribution in [0.1, 0.15) is 61.9 Å². The van der Waals surface area contributed by atoms with Crippen LogP contribution in [0, 0.1) is 0 Å². The Kier molecular flexibility index (Phi) is 7.97. The molecule has 1 aliphatic heterocycles. The quantitative estimate of drug-likeness (QED) is 0.581. The predicted octanol–water partition coefficient (Wildman–Crippen LogP) is 5.50. The molecule has 0 aromatic carbocycles. The summed E-state index contributed by atoms with van der Waals surface area (Å²) in [6, 6.07) is 8.44. The maximum atomic E-state index is 6.46. The summed E-state index contributed by atoms with van der Waals surface area (Å²) in [6.07, 6.45) is 11.5. The first-order valence-electron chi connectivity index (χ1n) is 10.6. The van der Waals surface area contributed by atoms with Crippen LogP contribution >= 0.6 is 23.7 Å². The number of hydrogen-bond donors (Lipinski definition) is 1. The molecule has 2 aliphatic rings. The molecule has 1 N–H and O–H groups in total. The van der Waals surface area contributed by atoms with Gasteiger partial charge in [0.25, 0.3) is 0 Å². The lowest BCUT2D eigenvalue weighted by molar-refractivity contribution is -0.0460. The molecule has 1 unspecified atom stereocenters. The summed E-state index contributed by atoms with van der Waals surface area (Å²) in [4.78, 5) is 6.09. The molecule has 1 saturated heterocycles. The lowest BCUT2D eigenvalue weighted by atomic mass is 9.69. The Bertz CT molecular complexity index is 748. The highest BCUT2D eigenvalue weighted by Gasteiger charge is 2.46. The molecule has 2 aromatic heterocycles. The molecule has 1 saturated carbocycles. The third-order valence-corrected chi connectivity index (χ3v) is 7.48. The number of ether oxygens (including phenoxy) is 2. The monoisotopic (exact) mass is 436 g/mol. The number of nitrogens with one attached hydrogen (secondary N) is 1. The van der Waals surface area contributed by atoms with Gasteiger partial charge in [-0.15, -0.1) is 23.7 Å². The first-order chi connectivity index (χ1) is 13.8. The van der Waals surface area contributed by atoms with Gasteiger partial charge >= 0.3 is 0 Å². The Labute approximate surface area is 184 Å². The fourth-order valence-electron chi connectivity index (χ4n) is 5.20. The largest absolute Gasteiger partial charge is 0.496 e. The average molecular weight is 437 g/mol. The zero-order chi connectivity index (χ0) is 19.3. The van der Waals surface area contributed by atoms with Crippen LogP contribution in [-0.4, -0.2) is 30.8 Å². The molecule has 3 heterocycles. The van der Waals surface area contributed by atoms with Crippen LogP contribution in [0.4, 0.5) is 0 Å². The van der Waals surface area contributed by atoms with E-state index < -0.39 is 0 Å². The average Bonchev–Trinajstić information content (AvgIpc) is 3.33. The van der Waals surface area contributed by atoms with Crippen molar-refractivity contribution in [3.63, 3.8) is 0 Å². The molecule has 6 heteroatoms. The van der Waals surface area contributed by atoms with E-state index in [4.69, 9.17) is 14.5 Å². The van der Waals surface area contributed by atoms with E-state index in [0.717, 1.165) is 51.1 Å². The van der Waals surface area contributed by atoms with E-state index in [1.165, 1.54) is 36.3 Å². The van der Waals surface area contributed by atoms with Crippen LogP contribution in [-0.2, 0) is 16.7 Å². The zero-order valence-electron chi connectivity index (χ0n) is 17.3. The van der Waals surface area contributed by atoms with Gasteiger partial charge in [-0.2, -0.15) is 0 Å². The number of aromatic nitrogens is 1. The predicted molar refractivity (Wildman–Crippen MR) is 121 cm³/mol. The van der Waals surface area contributed by atoms with E-state index in [9.17, 15) is 0 Å². The molecule has 160 valence electrons. The Morgan fingerprint density at radius 1 is 1.17 bits per heavy atom. The zero-order valence-corrected chi connectivity index (χ0v) is 19.0. The number of pyridine rings is 1. The number of rotatable bonds is 7. The fourth-order valence-corrected chi connectivity index (χ4v) is 6.01. The van der Waals surface area contributed by atoms with Crippen LogP contribution in [0.15, 0.2) is 35.8 Å². The van der Waals surface area contributed by atoms with Gasteiger partial charge in [0.2, 0.25) is 0 Å². The van der Waals surface area contributed by atoms with Crippen molar-refractivity contribution >= 4 is 23.7 Å². The van der Waals surface area contributed by atoms with E-state index >= 15 is 0 Å². The molecule has 2 aromatic rings. The van der Waals surface area contributed by atoms with Crippen molar-refractivity contribution in [2.75, 3.05) is 20.3 Å². The standard InChI is InChI=1S/C23H32N2O2S.ClH/c1-26-19-8-16-28-20(19)17-24-14-12-22(21-7-2-5-13-25-21)9-6-15-27-23(18-22)10-3-4-11-23;/h2,5,7-8,13,16,24H,3-4,6,9-12,14-15,17-18H2,1H3;1H. The van der Waals surface area contributed by atoms with Crippen molar-refractivity contribution in [2.45, 2.75) is 68.9 Å². The summed E-state index contributed by atoms with van der Waals surface area (Å²) in [5.74, 6) is 0.990. The highest BCUT2D eigenvalue weighted by atomic mass is 35.5. The smallest absolute Gasteiger partial charge is 0.134 e. The van der Waals surface area contributed by atoms with Crippen molar-refractivity contribution in [2.24, 2.45) is 0 Å². The summed E-state index contributed by atoms with van der Waals surface area (Å²) in [6.45, 7) is 2.74. The highest BCUT2D eigenvalue weighted by molar-refractivity contribution is 7.10. The molecule has 4 rings (SSSR count). The second kappa shape index (κ2) is 10.3. The first kappa shape index (κ1) is 22.5. The summed E-state index contributed by atoms with van der Waals surface area (Å²) in [5, 5.41) is 5.76. The van der Waals surface area contributed by atoms with Gasteiger partial charge in [0.15, 0.2) is 0 Å².